The number of pyridine rings is 1. The molecule has 0 unspecified atom stereocenters. The van der Waals surface area contributed by atoms with Gasteiger partial charge in [-0.3, -0.25) is 19.9 Å². The van der Waals surface area contributed by atoms with Crippen molar-refractivity contribution in [2.45, 2.75) is 6.92 Å². The number of fused-ring (bicyclic) bond motifs is 1. The summed E-state index contributed by atoms with van der Waals surface area (Å²) in [5, 5.41) is 10.3. The topological polar surface area (TPSA) is 83.0 Å². The minimum atomic E-state index is -0.501. The first-order chi connectivity index (χ1) is 12.6. The van der Waals surface area contributed by atoms with Gasteiger partial charge in [0.25, 0.3) is 5.91 Å². The predicted molar refractivity (Wildman–Crippen MR) is 101 cm³/mol. The third kappa shape index (κ3) is 3.72. The lowest BCUT2D eigenvalue weighted by molar-refractivity contribution is 0.102. The fourth-order valence-electron chi connectivity index (χ4n) is 2.47. The van der Waals surface area contributed by atoms with Crippen LogP contribution in [0.15, 0.2) is 65.8 Å². The Morgan fingerprint density at radius 1 is 1.38 bits per heavy atom. The first kappa shape index (κ1) is 17.2. The Bertz CT molecular complexity index is 1020. The molecule has 1 aromatic carbocycles. The van der Waals surface area contributed by atoms with Crippen molar-refractivity contribution in [3.05, 3.63) is 72.1 Å². The van der Waals surface area contributed by atoms with E-state index in [1.165, 1.54) is 6.08 Å². The van der Waals surface area contributed by atoms with Crippen LogP contribution in [0.2, 0.25) is 0 Å². The number of hydrogen-bond acceptors (Lipinski definition) is 4. The van der Waals surface area contributed by atoms with Gasteiger partial charge in [0.15, 0.2) is 5.69 Å². The van der Waals surface area contributed by atoms with E-state index in [9.17, 15) is 9.18 Å². The molecule has 0 atom stereocenters. The maximum atomic E-state index is 13.6. The van der Waals surface area contributed by atoms with E-state index in [4.69, 9.17) is 0 Å². The molecule has 0 radical (unpaired) electrons. The molecule has 3 aromatic rings. The first-order valence-corrected chi connectivity index (χ1v) is 7.78. The van der Waals surface area contributed by atoms with Crippen LogP contribution < -0.4 is 5.32 Å². The lowest BCUT2D eigenvalue weighted by Gasteiger charge is -2.04. The monoisotopic (exact) mass is 349 g/mol. The Kier molecular flexibility index (Phi) is 4.98. The molecule has 0 saturated carbocycles. The van der Waals surface area contributed by atoms with Gasteiger partial charge in [-0.25, -0.2) is 4.39 Å². The van der Waals surface area contributed by atoms with Gasteiger partial charge in [0.2, 0.25) is 0 Å². The van der Waals surface area contributed by atoms with Crippen molar-refractivity contribution in [3.8, 4) is 0 Å². The van der Waals surface area contributed by atoms with E-state index in [0.29, 0.717) is 22.2 Å². The highest BCUT2D eigenvalue weighted by Crippen LogP contribution is 2.24. The molecule has 0 aliphatic rings. The average Bonchev–Trinajstić information content (AvgIpc) is 3.06. The second kappa shape index (κ2) is 7.52. The van der Waals surface area contributed by atoms with Crippen LogP contribution in [0.3, 0.4) is 0 Å². The summed E-state index contributed by atoms with van der Waals surface area (Å²) in [5.74, 6) is -0.857. The van der Waals surface area contributed by atoms with Crippen molar-refractivity contribution < 1.29 is 9.18 Å². The maximum absolute atomic E-state index is 13.6. The van der Waals surface area contributed by atoms with Gasteiger partial charge in [0, 0.05) is 11.6 Å². The van der Waals surface area contributed by atoms with Crippen molar-refractivity contribution in [2.75, 3.05) is 5.32 Å². The zero-order chi connectivity index (χ0) is 18.5. The van der Waals surface area contributed by atoms with E-state index >= 15 is 0 Å². The number of aliphatic imine (C=N–C) groups is 1. The highest BCUT2D eigenvalue weighted by molar-refractivity contribution is 6.11. The van der Waals surface area contributed by atoms with E-state index in [0.717, 1.165) is 11.8 Å². The quantitative estimate of drug-likeness (QED) is 0.537. The zero-order valence-corrected chi connectivity index (χ0v) is 14.0. The number of anilines is 1. The van der Waals surface area contributed by atoms with Gasteiger partial charge >= 0.3 is 0 Å². The number of aromatic nitrogens is 3. The summed E-state index contributed by atoms with van der Waals surface area (Å²) < 4.78 is 13.6. The molecular weight excluding hydrogens is 333 g/mol. The fourth-order valence-corrected chi connectivity index (χ4v) is 2.47. The molecule has 0 fully saturated rings. The molecular formula is C19H16FN5O. The van der Waals surface area contributed by atoms with Gasteiger partial charge in [0.1, 0.15) is 5.83 Å². The fraction of sp³-hybridized carbons (Fsp3) is 0.0526. The van der Waals surface area contributed by atoms with Crippen molar-refractivity contribution in [2.24, 2.45) is 4.99 Å². The lowest BCUT2D eigenvalue weighted by Crippen LogP contribution is -2.12. The third-order valence-electron chi connectivity index (χ3n) is 3.72. The second-order valence-corrected chi connectivity index (χ2v) is 5.55. The molecule has 7 heteroatoms. The van der Waals surface area contributed by atoms with E-state index in [1.54, 1.807) is 43.6 Å². The molecule has 3 rings (SSSR count). The van der Waals surface area contributed by atoms with Crippen LogP contribution in [0.1, 0.15) is 23.0 Å². The number of nitrogens with one attached hydrogen (secondary N) is 2. The van der Waals surface area contributed by atoms with Gasteiger partial charge in [0.05, 0.1) is 23.6 Å². The summed E-state index contributed by atoms with van der Waals surface area (Å²) in [5.41, 5.74) is 2.99. The van der Waals surface area contributed by atoms with E-state index in [2.05, 4.69) is 32.2 Å². The largest absolute Gasteiger partial charge is 0.319 e. The first-order valence-electron chi connectivity index (χ1n) is 7.78. The van der Waals surface area contributed by atoms with Crippen molar-refractivity contribution in [3.63, 3.8) is 0 Å². The molecule has 6 nitrogen and oxygen atoms in total. The van der Waals surface area contributed by atoms with Gasteiger partial charge in [-0.1, -0.05) is 6.07 Å². The van der Waals surface area contributed by atoms with E-state index < -0.39 is 5.83 Å². The molecule has 26 heavy (non-hydrogen) atoms. The molecule has 0 aliphatic heterocycles. The van der Waals surface area contributed by atoms with Gasteiger partial charge < -0.3 is 5.32 Å². The SMILES string of the molecule is C=N/C=C(F)\C=C(/C)c1ccc2[nH]nc(C(=O)Nc3cccnc3)c2c1. The Morgan fingerprint density at radius 2 is 2.23 bits per heavy atom. The number of H-pyrrole nitrogens is 1. The molecule has 2 aromatic heterocycles. The summed E-state index contributed by atoms with van der Waals surface area (Å²) in [7, 11) is 0. The number of carbonyl (C=O) groups is 1. The summed E-state index contributed by atoms with van der Waals surface area (Å²) in [4.78, 5) is 19.9. The highest BCUT2D eigenvalue weighted by Gasteiger charge is 2.15. The molecule has 1 amide bonds. The Morgan fingerprint density at radius 3 is 2.96 bits per heavy atom. The van der Waals surface area contributed by atoms with Crippen molar-refractivity contribution in [1.82, 2.24) is 15.2 Å². The van der Waals surface area contributed by atoms with Crippen molar-refractivity contribution in [1.29, 1.82) is 0 Å². The average molecular weight is 349 g/mol. The van der Waals surface area contributed by atoms with Crippen LogP contribution in [0.4, 0.5) is 10.1 Å². The molecule has 0 spiro atoms. The minimum absolute atomic E-state index is 0.252. The lowest BCUT2D eigenvalue weighted by atomic mass is 10.0. The standard InChI is InChI=1S/C19H16FN5O/c1-12(8-14(20)10-21-2)13-5-6-17-16(9-13)18(25-24-17)19(26)23-15-4-3-7-22-11-15/h3-11H,2H2,1H3,(H,23,26)(H,24,25)/b12-8+,14-10+. The van der Waals surface area contributed by atoms with Crippen molar-refractivity contribution >= 4 is 34.8 Å². The predicted octanol–water partition coefficient (Wildman–Crippen LogP) is 4.13. The van der Waals surface area contributed by atoms with E-state index in [1.807, 2.05) is 6.07 Å². The van der Waals surface area contributed by atoms with Gasteiger partial charge in [-0.15, -0.1) is 0 Å². The number of nitrogens with zero attached hydrogens (tertiary/aromatic N) is 3. The zero-order valence-electron chi connectivity index (χ0n) is 14.0. The highest BCUT2D eigenvalue weighted by atomic mass is 19.1. The van der Waals surface area contributed by atoms with Crippen LogP contribution in [0.5, 0.6) is 0 Å². The molecule has 130 valence electrons. The molecule has 2 heterocycles. The van der Waals surface area contributed by atoms with E-state index in [-0.39, 0.29) is 11.6 Å². The Hall–Kier alpha value is -3.61. The van der Waals surface area contributed by atoms with Crippen LogP contribution >= 0.6 is 0 Å². The summed E-state index contributed by atoms with van der Waals surface area (Å²) in [6.07, 6.45) is 5.56. The normalized spacial score (nSPS) is 12.2. The number of amides is 1. The number of hydrogen-bond donors (Lipinski definition) is 2. The van der Waals surface area contributed by atoms with Crippen LogP contribution in [-0.4, -0.2) is 27.8 Å². The maximum Gasteiger partial charge on any atom is 0.276 e. The number of aromatic amines is 1. The number of carbonyl (C=O) groups excluding carboxylic acids is 1. The minimum Gasteiger partial charge on any atom is -0.319 e. The number of allylic oxidation sites excluding steroid dienone is 3. The second-order valence-electron chi connectivity index (χ2n) is 5.55. The van der Waals surface area contributed by atoms with Gasteiger partial charge in [-0.2, -0.15) is 5.10 Å². The summed E-state index contributed by atoms with van der Waals surface area (Å²) >= 11 is 0. The molecule has 2 N–H and O–H groups in total. The molecule has 0 aliphatic carbocycles. The smallest absolute Gasteiger partial charge is 0.276 e. The summed E-state index contributed by atoms with van der Waals surface area (Å²) in [6.45, 7) is 4.99. The number of halogens is 1. The number of benzene rings is 1. The van der Waals surface area contributed by atoms with Gasteiger partial charge in [-0.05, 0) is 55.1 Å². The third-order valence-corrected chi connectivity index (χ3v) is 3.72. The number of rotatable bonds is 5. The van der Waals surface area contributed by atoms with Crippen LogP contribution in [0, 0.1) is 0 Å². The van der Waals surface area contributed by atoms with Crippen LogP contribution in [-0.2, 0) is 0 Å². The molecule has 0 bridgehead atoms. The Balaban J connectivity index is 1.94. The Labute approximate surface area is 149 Å². The van der Waals surface area contributed by atoms with Crippen LogP contribution in [0.25, 0.3) is 16.5 Å². The molecule has 0 saturated heterocycles. The summed E-state index contributed by atoms with van der Waals surface area (Å²) in [6, 6.07) is 8.87.